The quantitative estimate of drug-likeness (QED) is 0.403. The fourth-order valence-corrected chi connectivity index (χ4v) is 4.76. The van der Waals surface area contributed by atoms with Crippen molar-refractivity contribution in [3.63, 3.8) is 0 Å². The fourth-order valence-electron chi connectivity index (χ4n) is 4.76. The first-order valence-corrected chi connectivity index (χ1v) is 11.9. The normalized spacial score (nSPS) is 21.1. The number of allylic oxidation sites excluding steroid dienone is 1. The molecule has 0 amide bonds. The van der Waals surface area contributed by atoms with E-state index in [-0.39, 0.29) is 23.0 Å². The number of fused-ring (bicyclic) bond motifs is 3. The van der Waals surface area contributed by atoms with Crippen molar-refractivity contribution in [3.05, 3.63) is 34.9 Å². The van der Waals surface area contributed by atoms with E-state index in [2.05, 4.69) is 0 Å². The molecule has 0 saturated carbocycles. The van der Waals surface area contributed by atoms with Gasteiger partial charge in [0, 0.05) is 22.3 Å². The molecule has 0 unspecified atom stereocenters. The minimum atomic E-state index is -1.54. The minimum Gasteiger partial charge on any atom is -0.504 e. The molecule has 0 aromatic heterocycles. The van der Waals surface area contributed by atoms with E-state index >= 15 is 0 Å². The van der Waals surface area contributed by atoms with Gasteiger partial charge in [0.15, 0.2) is 29.1 Å². The van der Waals surface area contributed by atoms with Crippen LogP contribution in [0.4, 0.5) is 0 Å². The number of carbonyl (C=O) groups excluding carboxylic acids is 1. The van der Waals surface area contributed by atoms with Crippen LogP contribution in [0.15, 0.2) is 23.8 Å². The maximum Gasteiger partial charge on any atom is 0.334 e. The van der Waals surface area contributed by atoms with Crippen LogP contribution < -0.4 is 23.7 Å². The number of phenols is 1. The molecule has 3 atom stereocenters. The Bertz CT molecular complexity index is 1210. The number of hydrogen-bond donors (Lipinski definition) is 2. The number of ether oxygens (including phenoxy) is 6. The zero-order valence-electron chi connectivity index (χ0n) is 22.8. The summed E-state index contributed by atoms with van der Waals surface area (Å²) in [4.78, 5) is 13.0. The first kappa shape index (κ1) is 28.0. The zero-order valence-corrected chi connectivity index (χ0v) is 22.8. The first-order valence-electron chi connectivity index (χ1n) is 11.9. The van der Waals surface area contributed by atoms with Gasteiger partial charge in [0.05, 0.1) is 35.5 Å². The van der Waals surface area contributed by atoms with Gasteiger partial charge in [-0.3, -0.25) is 0 Å². The predicted molar refractivity (Wildman–Crippen MR) is 138 cm³/mol. The average Bonchev–Trinajstić information content (AvgIpc) is 2.88. The molecule has 37 heavy (non-hydrogen) atoms. The minimum absolute atomic E-state index is 0.113. The first-order chi connectivity index (χ1) is 17.5. The molecule has 0 radical (unpaired) electrons. The molecule has 0 spiro atoms. The molecule has 0 heterocycles. The number of rotatable bonds is 7. The Morgan fingerprint density at radius 1 is 0.946 bits per heavy atom. The Hall–Kier alpha value is -3.59. The molecule has 9 nitrogen and oxygen atoms in total. The highest BCUT2D eigenvalue weighted by Crippen LogP contribution is 2.58. The van der Waals surface area contributed by atoms with Gasteiger partial charge in [0.25, 0.3) is 0 Å². The molecule has 1 aliphatic carbocycles. The lowest BCUT2D eigenvalue weighted by Gasteiger charge is -2.41. The maximum atomic E-state index is 13.0. The molecule has 0 fully saturated rings. The van der Waals surface area contributed by atoms with E-state index in [1.165, 1.54) is 35.5 Å². The topological polar surface area (TPSA) is 113 Å². The molecule has 2 aromatic rings. The van der Waals surface area contributed by atoms with Crippen molar-refractivity contribution in [3.8, 4) is 45.6 Å². The number of phenolic OH excluding ortho intramolecular Hbond substituents is 1. The molecule has 3 rings (SSSR count). The third-order valence-electron chi connectivity index (χ3n) is 7.13. The fraction of sp³-hybridized carbons (Fsp3) is 0.464. The number of aromatic hydroxyl groups is 1. The van der Waals surface area contributed by atoms with Crippen molar-refractivity contribution >= 4 is 5.97 Å². The summed E-state index contributed by atoms with van der Waals surface area (Å²) in [7, 11) is 7.34. The molecule has 0 bridgehead atoms. The van der Waals surface area contributed by atoms with Gasteiger partial charge in [-0.2, -0.15) is 0 Å². The lowest BCUT2D eigenvalue weighted by Crippen LogP contribution is -2.44. The Labute approximate surface area is 217 Å². The number of aliphatic hydroxyl groups is 1. The van der Waals surface area contributed by atoms with Crippen LogP contribution in [0.5, 0.6) is 34.5 Å². The second-order valence-corrected chi connectivity index (χ2v) is 9.19. The van der Waals surface area contributed by atoms with E-state index in [0.717, 1.165) is 0 Å². The molecular formula is C28H36O9. The Balaban J connectivity index is 2.59. The molecule has 202 valence electrons. The molecule has 2 N–H and O–H groups in total. The van der Waals surface area contributed by atoms with Gasteiger partial charge in [0.2, 0.25) is 11.5 Å². The van der Waals surface area contributed by atoms with Crippen LogP contribution in [-0.2, 0) is 16.0 Å². The van der Waals surface area contributed by atoms with Gasteiger partial charge in [-0.05, 0) is 50.8 Å². The Kier molecular flexibility index (Phi) is 8.17. The monoisotopic (exact) mass is 516 g/mol. The van der Waals surface area contributed by atoms with Gasteiger partial charge in [-0.15, -0.1) is 0 Å². The lowest BCUT2D eigenvalue weighted by atomic mass is 9.73. The highest BCUT2D eigenvalue weighted by molar-refractivity contribution is 5.90. The van der Waals surface area contributed by atoms with Crippen LogP contribution >= 0.6 is 0 Å². The Morgan fingerprint density at radius 2 is 1.51 bits per heavy atom. The van der Waals surface area contributed by atoms with E-state index in [1.54, 1.807) is 39.0 Å². The third-order valence-corrected chi connectivity index (χ3v) is 7.13. The summed E-state index contributed by atoms with van der Waals surface area (Å²) >= 11 is 0. The predicted octanol–water partition coefficient (Wildman–Crippen LogP) is 4.60. The van der Waals surface area contributed by atoms with Crippen molar-refractivity contribution in [2.45, 2.75) is 45.8 Å². The summed E-state index contributed by atoms with van der Waals surface area (Å²) in [6.45, 7) is 6.86. The molecule has 2 aromatic carbocycles. The van der Waals surface area contributed by atoms with Gasteiger partial charge in [-0.25, -0.2) is 4.79 Å². The highest BCUT2D eigenvalue weighted by atomic mass is 16.6. The van der Waals surface area contributed by atoms with E-state index in [9.17, 15) is 15.0 Å². The SMILES string of the molecule is C/C=C(\C)C(=O)O[C@@H]1c2cc(OC)c(OC)c(OC)c2-c2c(cc(O)c(OC)c2OC)C[C@H](C)[C@]1(C)O. The number of esters is 1. The molecule has 9 heteroatoms. The van der Waals surface area contributed by atoms with Crippen LogP contribution in [-0.4, -0.2) is 57.3 Å². The van der Waals surface area contributed by atoms with Crippen LogP contribution in [0.2, 0.25) is 0 Å². The Morgan fingerprint density at radius 3 is 2.03 bits per heavy atom. The molecule has 0 aliphatic heterocycles. The summed E-state index contributed by atoms with van der Waals surface area (Å²) < 4.78 is 34.4. The van der Waals surface area contributed by atoms with Crippen molar-refractivity contribution in [2.75, 3.05) is 35.5 Å². The summed E-state index contributed by atoms with van der Waals surface area (Å²) in [6.07, 6.45) is 0.821. The van der Waals surface area contributed by atoms with Crippen LogP contribution in [0.3, 0.4) is 0 Å². The van der Waals surface area contributed by atoms with Crippen molar-refractivity contribution < 1.29 is 43.4 Å². The standard InChI is InChI=1S/C28H36O9/c1-10-14(2)27(30)37-26-17-13-19(32-5)23(34-7)25(36-9)21(17)20-16(11-15(3)28(26,4)31)12-18(29)22(33-6)24(20)35-8/h10,12-13,15,26,29,31H,11H2,1-9H3/b14-10+/t15-,26+,28-/m0/s1. The number of hydrogen-bond acceptors (Lipinski definition) is 9. The number of carbonyl (C=O) groups is 1. The van der Waals surface area contributed by atoms with Gasteiger partial charge >= 0.3 is 5.97 Å². The summed E-state index contributed by atoms with van der Waals surface area (Å²) in [5.74, 6) is 0.158. The van der Waals surface area contributed by atoms with Crippen LogP contribution in [0.25, 0.3) is 11.1 Å². The number of methoxy groups -OCH3 is 5. The summed E-state index contributed by atoms with van der Waals surface area (Å²) in [6, 6.07) is 3.24. The van der Waals surface area contributed by atoms with E-state index < -0.39 is 23.6 Å². The molecule has 0 saturated heterocycles. The average molecular weight is 517 g/mol. The molecule has 1 aliphatic rings. The lowest BCUT2D eigenvalue weighted by molar-refractivity contribution is -0.166. The van der Waals surface area contributed by atoms with E-state index in [4.69, 9.17) is 28.4 Å². The smallest absolute Gasteiger partial charge is 0.334 e. The largest absolute Gasteiger partial charge is 0.504 e. The van der Waals surface area contributed by atoms with Crippen LogP contribution in [0, 0.1) is 5.92 Å². The van der Waals surface area contributed by atoms with Gasteiger partial charge in [-0.1, -0.05) is 13.0 Å². The second-order valence-electron chi connectivity index (χ2n) is 9.19. The van der Waals surface area contributed by atoms with Gasteiger partial charge < -0.3 is 38.6 Å². The van der Waals surface area contributed by atoms with E-state index in [0.29, 0.717) is 45.7 Å². The van der Waals surface area contributed by atoms with Crippen LogP contribution in [0.1, 0.15) is 44.9 Å². The summed E-state index contributed by atoms with van der Waals surface area (Å²) in [5, 5.41) is 22.7. The van der Waals surface area contributed by atoms with Crippen molar-refractivity contribution in [1.29, 1.82) is 0 Å². The summed E-state index contributed by atoms with van der Waals surface area (Å²) in [5.41, 5.74) is 0.942. The van der Waals surface area contributed by atoms with Crippen molar-refractivity contribution in [2.24, 2.45) is 5.92 Å². The van der Waals surface area contributed by atoms with Gasteiger partial charge in [0.1, 0.15) is 5.60 Å². The second kappa shape index (κ2) is 10.8. The third kappa shape index (κ3) is 4.64. The number of benzene rings is 2. The van der Waals surface area contributed by atoms with E-state index in [1.807, 2.05) is 6.92 Å². The molecular weight excluding hydrogens is 480 g/mol. The zero-order chi connectivity index (χ0) is 27.7. The highest BCUT2D eigenvalue weighted by Gasteiger charge is 2.46. The maximum absolute atomic E-state index is 13.0. The van der Waals surface area contributed by atoms with Crippen molar-refractivity contribution in [1.82, 2.24) is 0 Å².